The van der Waals surface area contributed by atoms with Crippen LogP contribution in [0, 0.1) is 6.92 Å². The molecule has 6 heteroatoms. The van der Waals surface area contributed by atoms with E-state index in [4.69, 9.17) is 0 Å². The molecule has 2 heterocycles. The number of hydrogen-bond donors (Lipinski definition) is 1. The first-order chi connectivity index (χ1) is 11.8. The Morgan fingerprint density at radius 1 is 1.12 bits per heavy atom. The highest BCUT2D eigenvalue weighted by Crippen LogP contribution is 2.15. The summed E-state index contributed by atoms with van der Waals surface area (Å²) >= 11 is 0. The number of para-hydroxylation sites is 1. The molecule has 0 radical (unpaired) electrons. The van der Waals surface area contributed by atoms with Crippen molar-refractivity contribution >= 4 is 11.6 Å². The number of nitrogens with one attached hydrogen (secondary N) is 1. The maximum atomic E-state index is 4.42. The second kappa shape index (κ2) is 7.77. The fourth-order valence-corrected chi connectivity index (χ4v) is 2.92. The van der Waals surface area contributed by atoms with E-state index in [0.29, 0.717) is 6.54 Å². The van der Waals surface area contributed by atoms with Crippen molar-refractivity contribution in [1.82, 2.24) is 20.2 Å². The largest absolute Gasteiger partial charge is 0.368 e. The molecule has 0 atom stereocenters. The van der Waals surface area contributed by atoms with E-state index < -0.39 is 0 Å². The topological polar surface area (TPSA) is 56.7 Å². The molecule has 1 saturated heterocycles. The van der Waals surface area contributed by atoms with Gasteiger partial charge in [-0.15, -0.1) is 0 Å². The summed E-state index contributed by atoms with van der Waals surface area (Å²) in [5.41, 5.74) is 2.27. The molecule has 126 valence electrons. The standard InChI is InChI=1S/C18H24N6/c1-15-20-9-8-16(22-15)14-21-18(19-2)24-12-10-23(11-13-24)17-6-4-3-5-7-17/h3-9H,10-14H2,1-2H3,(H,19,21). The van der Waals surface area contributed by atoms with Crippen LogP contribution in [0.15, 0.2) is 47.6 Å². The van der Waals surface area contributed by atoms with Crippen LogP contribution in [-0.4, -0.2) is 54.1 Å². The number of piperazine rings is 1. The van der Waals surface area contributed by atoms with Crippen LogP contribution >= 0.6 is 0 Å². The summed E-state index contributed by atoms with van der Waals surface area (Å²) in [7, 11) is 1.83. The van der Waals surface area contributed by atoms with Gasteiger partial charge in [-0.25, -0.2) is 9.97 Å². The van der Waals surface area contributed by atoms with Crippen molar-refractivity contribution in [2.45, 2.75) is 13.5 Å². The van der Waals surface area contributed by atoms with Crippen LogP contribution in [0.2, 0.25) is 0 Å². The van der Waals surface area contributed by atoms with Gasteiger partial charge in [0.25, 0.3) is 0 Å². The molecule has 1 aliphatic rings. The van der Waals surface area contributed by atoms with E-state index in [2.05, 4.69) is 60.4 Å². The van der Waals surface area contributed by atoms with Crippen molar-refractivity contribution in [3.05, 3.63) is 54.1 Å². The molecule has 1 aliphatic heterocycles. The normalized spacial score (nSPS) is 15.5. The van der Waals surface area contributed by atoms with E-state index in [-0.39, 0.29) is 0 Å². The molecule has 0 bridgehead atoms. The van der Waals surface area contributed by atoms with Gasteiger partial charge in [-0.2, -0.15) is 0 Å². The number of nitrogens with zero attached hydrogens (tertiary/aromatic N) is 5. The number of aromatic nitrogens is 2. The zero-order chi connectivity index (χ0) is 16.8. The van der Waals surface area contributed by atoms with E-state index in [1.54, 1.807) is 6.20 Å². The lowest BCUT2D eigenvalue weighted by atomic mass is 10.2. The lowest BCUT2D eigenvalue weighted by Crippen LogP contribution is -2.52. The predicted molar refractivity (Wildman–Crippen MR) is 97.2 cm³/mol. The number of anilines is 1. The Morgan fingerprint density at radius 2 is 1.88 bits per heavy atom. The van der Waals surface area contributed by atoms with Crippen molar-refractivity contribution in [3.63, 3.8) is 0 Å². The highest BCUT2D eigenvalue weighted by molar-refractivity contribution is 5.80. The lowest BCUT2D eigenvalue weighted by Gasteiger charge is -2.37. The summed E-state index contributed by atoms with van der Waals surface area (Å²) < 4.78 is 0. The Kier molecular flexibility index (Phi) is 5.25. The zero-order valence-electron chi connectivity index (χ0n) is 14.3. The van der Waals surface area contributed by atoms with Gasteiger partial charge < -0.3 is 15.1 Å². The van der Waals surface area contributed by atoms with Crippen molar-refractivity contribution in [2.24, 2.45) is 4.99 Å². The Hall–Kier alpha value is -2.63. The predicted octanol–water partition coefficient (Wildman–Crippen LogP) is 1.68. The second-order valence-corrected chi connectivity index (χ2v) is 5.81. The molecule has 1 aromatic carbocycles. The second-order valence-electron chi connectivity index (χ2n) is 5.81. The summed E-state index contributed by atoms with van der Waals surface area (Å²) in [5.74, 6) is 1.72. The van der Waals surface area contributed by atoms with Gasteiger partial charge in [-0.05, 0) is 25.1 Å². The molecule has 6 nitrogen and oxygen atoms in total. The number of aliphatic imine (C=N–C) groups is 1. The fourth-order valence-electron chi connectivity index (χ4n) is 2.92. The highest BCUT2D eigenvalue weighted by atomic mass is 15.3. The minimum Gasteiger partial charge on any atom is -0.368 e. The smallest absolute Gasteiger partial charge is 0.194 e. The van der Waals surface area contributed by atoms with E-state index in [0.717, 1.165) is 43.7 Å². The molecule has 0 saturated carbocycles. The van der Waals surface area contributed by atoms with Gasteiger partial charge in [0.1, 0.15) is 5.82 Å². The summed E-state index contributed by atoms with van der Waals surface area (Å²) in [5, 5.41) is 3.40. The maximum Gasteiger partial charge on any atom is 0.194 e. The van der Waals surface area contributed by atoms with Gasteiger partial charge in [0.2, 0.25) is 0 Å². The van der Waals surface area contributed by atoms with Crippen LogP contribution < -0.4 is 10.2 Å². The number of hydrogen-bond acceptors (Lipinski definition) is 4. The van der Waals surface area contributed by atoms with Crippen LogP contribution in [0.4, 0.5) is 5.69 Å². The highest BCUT2D eigenvalue weighted by Gasteiger charge is 2.19. The first kappa shape index (κ1) is 16.2. The maximum absolute atomic E-state index is 4.42. The third-order valence-corrected chi connectivity index (χ3v) is 4.17. The molecule has 3 rings (SSSR count). The third kappa shape index (κ3) is 4.01. The molecule has 0 amide bonds. The molecular formula is C18H24N6. The van der Waals surface area contributed by atoms with Crippen LogP contribution in [0.1, 0.15) is 11.5 Å². The van der Waals surface area contributed by atoms with Gasteiger partial charge in [-0.3, -0.25) is 4.99 Å². The Morgan fingerprint density at radius 3 is 2.54 bits per heavy atom. The molecule has 0 unspecified atom stereocenters. The quantitative estimate of drug-likeness (QED) is 0.688. The average Bonchev–Trinajstić information content (AvgIpc) is 2.64. The summed E-state index contributed by atoms with van der Waals surface area (Å²) in [6, 6.07) is 12.5. The van der Waals surface area contributed by atoms with Crippen molar-refractivity contribution < 1.29 is 0 Å². The molecule has 1 fully saturated rings. The minimum absolute atomic E-state index is 0.662. The number of guanidine groups is 1. The molecular weight excluding hydrogens is 300 g/mol. The summed E-state index contributed by atoms with van der Waals surface area (Å²) in [6.45, 7) is 6.47. The number of aryl methyl sites for hydroxylation is 1. The summed E-state index contributed by atoms with van der Waals surface area (Å²) in [6.07, 6.45) is 1.79. The van der Waals surface area contributed by atoms with Gasteiger partial charge in [0, 0.05) is 45.1 Å². The van der Waals surface area contributed by atoms with Crippen molar-refractivity contribution in [2.75, 3.05) is 38.1 Å². The van der Waals surface area contributed by atoms with Gasteiger partial charge >= 0.3 is 0 Å². The number of benzene rings is 1. The first-order valence-electron chi connectivity index (χ1n) is 8.30. The number of rotatable bonds is 3. The monoisotopic (exact) mass is 324 g/mol. The Bertz CT molecular complexity index is 677. The third-order valence-electron chi connectivity index (χ3n) is 4.17. The summed E-state index contributed by atoms with van der Waals surface area (Å²) in [4.78, 5) is 17.7. The average molecular weight is 324 g/mol. The molecule has 0 spiro atoms. The van der Waals surface area contributed by atoms with Crippen LogP contribution in [-0.2, 0) is 6.54 Å². The molecule has 0 aliphatic carbocycles. The van der Waals surface area contributed by atoms with Gasteiger partial charge in [0.05, 0.1) is 12.2 Å². The van der Waals surface area contributed by atoms with Crippen LogP contribution in [0.5, 0.6) is 0 Å². The van der Waals surface area contributed by atoms with E-state index in [9.17, 15) is 0 Å². The SMILES string of the molecule is CN=C(NCc1ccnc(C)n1)N1CCN(c2ccccc2)CC1. The van der Waals surface area contributed by atoms with E-state index in [1.807, 2.05) is 20.0 Å². The van der Waals surface area contributed by atoms with Crippen LogP contribution in [0.3, 0.4) is 0 Å². The molecule has 1 aromatic heterocycles. The van der Waals surface area contributed by atoms with E-state index >= 15 is 0 Å². The first-order valence-corrected chi connectivity index (χ1v) is 8.30. The fraction of sp³-hybridized carbons (Fsp3) is 0.389. The zero-order valence-corrected chi connectivity index (χ0v) is 14.3. The molecule has 24 heavy (non-hydrogen) atoms. The minimum atomic E-state index is 0.662. The Balaban J connectivity index is 1.54. The van der Waals surface area contributed by atoms with Gasteiger partial charge in [0.15, 0.2) is 5.96 Å². The molecule has 1 N–H and O–H groups in total. The Labute approximate surface area is 143 Å². The lowest BCUT2D eigenvalue weighted by molar-refractivity contribution is 0.372. The van der Waals surface area contributed by atoms with Crippen molar-refractivity contribution in [3.8, 4) is 0 Å². The van der Waals surface area contributed by atoms with Crippen molar-refractivity contribution in [1.29, 1.82) is 0 Å². The van der Waals surface area contributed by atoms with Crippen LogP contribution in [0.25, 0.3) is 0 Å². The van der Waals surface area contributed by atoms with Gasteiger partial charge in [-0.1, -0.05) is 18.2 Å². The molecule has 2 aromatic rings. The van der Waals surface area contributed by atoms with E-state index in [1.165, 1.54) is 5.69 Å².